The molecule has 5 nitrogen and oxygen atoms in total. The minimum absolute atomic E-state index is 0.0210. The van der Waals surface area contributed by atoms with E-state index in [4.69, 9.17) is 0 Å². The maximum absolute atomic E-state index is 11.8. The van der Waals surface area contributed by atoms with Crippen molar-refractivity contribution in [2.24, 2.45) is 5.92 Å². The van der Waals surface area contributed by atoms with E-state index in [0.29, 0.717) is 23.7 Å². The van der Waals surface area contributed by atoms with Gasteiger partial charge in [0.1, 0.15) is 0 Å². The summed E-state index contributed by atoms with van der Waals surface area (Å²) in [5, 5.41) is 5.69. The highest BCUT2D eigenvalue weighted by atomic mass is 16.2. The van der Waals surface area contributed by atoms with Crippen molar-refractivity contribution < 1.29 is 9.59 Å². The van der Waals surface area contributed by atoms with E-state index in [2.05, 4.69) is 22.5 Å². The standard InChI is InChI=1S/C16H23N3O2/c1-3-19-9-8-13(11-19)10-17-16(21)18-15-6-4-14(5-7-15)12(2)20/h4-7,13H,3,8-11H2,1-2H3,(H2,17,18,21). The fourth-order valence-corrected chi connectivity index (χ4v) is 2.57. The van der Waals surface area contributed by atoms with Gasteiger partial charge in [-0.15, -0.1) is 0 Å². The molecule has 2 rings (SSSR count). The number of nitrogens with zero attached hydrogens (tertiary/aromatic N) is 1. The molecule has 2 N–H and O–H groups in total. The smallest absolute Gasteiger partial charge is 0.319 e. The number of carbonyl (C=O) groups excluding carboxylic acids is 2. The van der Waals surface area contributed by atoms with Crippen LogP contribution in [0.3, 0.4) is 0 Å². The quantitative estimate of drug-likeness (QED) is 0.818. The molecule has 1 saturated heterocycles. The average molecular weight is 289 g/mol. The Morgan fingerprint density at radius 1 is 1.29 bits per heavy atom. The van der Waals surface area contributed by atoms with Gasteiger partial charge >= 0.3 is 6.03 Å². The number of urea groups is 1. The van der Waals surface area contributed by atoms with Gasteiger partial charge in [-0.1, -0.05) is 6.92 Å². The molecule has 0 aliphatic carbocycles. The van der Waals surface area contributed by atoms with Crippen LogP contribution in [0.25, 0.3) is 0 Å². The van der Waals surface area contributed by atoms with E-state index in [-0.39, 0.29) is 11.8 Å². The van der Waals surface area contributed by atoms with Gasteiger partial charge in [0.05, 0.1) is 0 Å². The van der Waals surface area contributed by atoms with E-state index in [9.17, 15) is 9.59 Å². The third-order valence-electron chi connectivity index (χ3n) is 3.92. The number of ketones is 1. The topological polar surface area (TPSA) is 61.4 Å². The monoisotopic (exact) mass is 289 g/mol. The second kappa shape index (κ2) is 7.22. The van der Waals surface area contributed by atoms with Gasteiger partial charge < -0.3 is 15.5 Å². The molecule has 1 aromatic carbocycles. The van der Waals surface area contributed by atoms with Gasteiger partial charge in [-0.3, -0.25) is 4.79 Å². The van der Waals surface area contributed by atoms with Gasteiger partial charge in [0.25, 0.3) is 0 Å². The molecule has 1 atom stereocenters. The Kier molecular flexibility index (Phi) is 5.33. The zero-order chi connectivity index (χ0) is 15.2. The van der Waals surface area contributed by atoms with E-state index in [1.54, 1.807) is 24.3 Å². The Labute approximate surface area is 125 Å². The summed E-state index contributed by atoms with van der Waals surface area (Å²) in [5.41, 5.74) is 1.34. The predicted octanol–water partition coefficient (Wildman–Crippen LogP) is 2.35. The summed E-state index contributed by atoms with van der Waals surface area (Å²) in [5.74, 6) is 0.559. The number of likely N-dealkylation sites (tertiary alicyclic amines) is 1. The maximum Gasteiger partial charge on any atom is 0.319 e. The lowest BCUT2D eigenvalue weighted by atomic mass is 10.1. The molecule has 0 aromatic heterocycles. The molecule has 1 aliphatic heterocycles. The van der Waals surface area contributed by atoms with Crippen LogP contribution in [0.15, 0.2) is 24.3 Å². The SMILES string of the molecule is CCN1CCC(CNC(=O)Nc2ccc(C(C)=O)cc2)C1. The Balaban J connectivity index is 1.75. The van der Waals surface area contributed by atoms with Gasteiger partial charge in [0.15, 0.2) is 5.78 Å². The highest BCUT2D eigenvalue weighted by Crippen LogP contribution is 2.14. The minimum Gasteiger partial charge on any atom is -0.338 e. The van der Waals surface area contributed by atoms with Gasteiger partial charge in [-0.05, 0) is 56.6 Å². The first-order valence-electron chi connectivity index (χ1n) is 7.46. The lowest BCUT2D eigenvalue weighted by Gasteiger charge is -2.14. The molecule has 0 saturated carbocycles. The molecule has 5 heteroatoms. The first-order chi connectivity index (χ1) is 10.1. The van der Waals surface area contributed by atoms with Gasteiger partial charge in [-0.2, -0.15) is 0 Å². The Morgan fingerprint density at radius 3 is 2.57 bits per heavy atom. The zero-order valence-electron chi connectivity index (χ0n) is 12.7. The fourth-order valence-electron chi connectivity index (χ4n) is 2.57. The molecule has 1 fully saturated rings. The van der Waals surface area contributed by atoms with Crippen LogP contribution in [0.2, 0.25) is 0 Å². The largest absolute Gasteiger partial charge is 0.338 e. The maximum atomic E-state index is 11.8. The summed E-state index contributed by atoms with van der Waals surface area (Å²) < 4.78 is 0. The molecule has 1 aromatic rings. The van der Waals surface area contributed by atoms with E-state index in [1.807, 2.05) is 0 Å². The minimum atomic E-state index is -0.194. The molecule has 1 aliphatic rings. The van der Waals surface area contributed by atoms with Crippen molar-refractivity contribution in [1.29, 1.82) is 0 Å². The van der Waals surface area contributed by atoms with Crippen LogP contribution in [0.5, 0.6) is 0 Å². The number of hydrogen-bond acceptors (Lipinski definition) is 3. The fraction of sp³-hybridized carbons (Fsp3) is 0.500. The first kappa shape index (κ1) is 15.5. The number of anilines is 1. The van der Waals surface area contributed by atoms with Crippen LogP contribution in [0.1, 0.15) is 30.6 Å². The van der Waals surface area contributed by atoms with E-state index in [0.717, 1.165) is 26.1 Å². The Morgan fingerprint density at radius 2 is 2.00 bits per heavy atom. The number of Topliss-reactive ketones (excluding diaryl/α,β-unsaturated/α-hetero) is 1. The number of rotatable bonds is 5. The van der Waals surface area contributed by atoms with E-state index < -0.39 is 0 Å². The van der Waals surface area contributed by atoms with Crippen molar-refractivity contribution in [3.8, 4) is 0 Å². The van der Waals surface area contributed by atoms with Gasteiger partial charge in [-0.25, -0.2) is 4.79 Å². The van der Waals surface area contributed by atoms with Gasteiger partial charge in [0.2, 0.25) is 0 Å². The molecule has 114 valence electrons. The van der Waals surface area contributed by atoms with Crippen LogP contribution in [-0.2, 0) is 0 Å². The molecular weight excluding hydrogens is 266 g/mol. The number of nitrogens with one attached hydrogen (secondary N) is 2. The number of carbonyl (C=O) groups is 2. The highest BCUT2D eigenvalue weighted by Gasteiger charge is 2.21. The van der Waals surface area contributed by atoms with Crippen molar-refractivity contribution in [1.82, 2.24) is 10.2 Å². The number of amides is 2. The normalized spacial score (nSPS) is 18.5. The third-order valence-corrected chi connectivity index (χ3v) is 3.92. The summed E-state index contributed by atoms with van der Waals surface area (Å²) in [6, 6.07) is 6.72. The van der Waals surface area contributed by atoms with Crippen molar-refractivity contribution >= 4 is 17.5 Å². The van der Waals surface area contributed by atoms with E-state index in [1.165, 1.54) is 6.92 Å². The summed E-state index contributed by atoms with van der Waals surface area (Å²) in [6.45, 7) is 7.64. The van der Waals surface area contributed by atoms with E-state index >= 15 is 0 Å². The van der Waals surface area contributed by atoms with Crippen LogP contribution in [-0.4, -0.2) is 42.9 Å². The van der Waals surface area contributed by atoms with Gasteiger partial charge in [0, 0.05) is 24.3 Å². The molecule has 0 spiro atoms. The summed E-state index contributed by atoms with van der Waals surface area (Å²) in [4.78, 5) is 25.4. The van der Waals surface area contributed by atoms with Crippen molar-refractivity contribution in [2.75, 3.05) is 31.5 Å². The molecule has 1 heterocycles. The molecule has 1 unspecified atom stereocenters. The molecule has 2 amide bonds. The van der Waals surface area contributed by atoms with Crippen molar-refractivity contribution in [3.05, 3.63) is 29.8 Å². The molecule has 0 bridgehead atoms. The summed E-state index contributed by atoms with van der Waals surface area (Å²) in [7, 11) is 0. The molecule has 0 radical (unpaired) electrons. The lowest BCUT2D eigenvalue weighted by Crippen LogP contribution is -2.34. The second-order valence-corrected chi connectivity index (χ2v) is 5.52. The number of benzene rings is 1. The predicted molar refractivity (Wildman–Crippen MR) is 83.7 cm³/mol. The number of hydrogen-bond donors (Lipinski definition) is 2. The lowest BCUT2D eigenvalue weighted by molar-refractivity contribution is 0.101. The third kappa shape index (κ3) is 4.56. The summed E-state index contributed by atoms with van der Waals surface area (Å²) in [6.07, 6.45) is 1.14. The molecule has 21 heavy (non-hydrogen) atoms. The average Bonchev–Trinajstić information content (AvgIpc) is 2.94. The Hall–Kier alpha value is -1.88. The highest BCUT2D eigenvalue weighted by molar-refractivity contribution is 5.95. The van der Waals surface area contributed by atoms with Crippen LogP contribution in [0, 0.1) is 5.92 Å². The Bertz CT molecular complexity index is 499. The van der Waals surface area contributed by atoms with Crippen LogP contribution >= 0.6 is 0 Å². The van der Waals surface area contributed by atoms with Crippen molar-refractivity contribution in [3.63, 3.8) is 0 Å². The first-order valence-corrected chi connectivity index (χ1v) is 7.46. The zero-order valence-corrected chi connectivity index (χ0v) is 12.7. The van der Waals surface area contributed by atoms with Crippen LogP contribution in [0.4, 0.5) is 10.5 Å². The second-order valence-electron chi connectivity index (χ2n) is 5.52. The van der Waals surface area contributed by atoms with Crippen LogP contribution < -0.4 is 10.6 Å². The molecular formula is C16H23N3O2. The van der Waals surface area contributed by atoms with Crippen molar-refractivity contribution in [2.45, 2.75) is 20.3 Å². The summed E-state index contributed by atoms with van der Waals surface area (Å²) >= 11 is 0.